The molecule has 1 aromatic carbocycles. The van der Waals surface area contributed by atoms with Crippen LogP contribution in [0.1, 0.15) is 57.4 Å². The highest BCUT2D eigenvalue weighted by Gasteiger charge is 2.00. The summed E-state index contributed by atoms with van der Waals surface area (Å²) in [6.45, 7) is 5.99. The molecule has 1 rings (SSSR count). The first kappa shape index (κ1) is 29.4. The van der Waals surface area contributed by atoms with Crippen molar-refractivity contribution in [3.05, 3.63) is 29.8 Å². The van der Waals surface area contributed by atoms with E-state index in [1.807, 2.05) is 12.1 Å². The standard InChI is InChI=1S/C26H44O7/c1-3-4-5-6-7-8-9-10-24-11-13-25(14-12-24)33-22-21-31-18-17-29-15-16-30-19-20-32-23-26(27)28-2/h11-14H,3-10,15-23H2,1-2H3. The molecule has 1 aromatic rings. The zero-order valence-corrected chi connectivity index (χ0v) is 20.7. The number of hydrogen-bond donors (Lipinski definition) is 0. The van der Waals surface area contributed by atoms with Gasteiger partial charge >= 0.3 is 5.97 Å². The summed E-state index contributed by atoms with van der Waals surface area (Å²) in [5.41, 5.74) is 1.38. The lowest BCUT2D eigenvalue weighted by molar-refractivity contribution is -0.146. The number of benzene rings is 1. The van der Waals surface area contributed by atoms with Crippen LogP contribution in [-0.2, 0) is 34.9 Å². The van der Waals surface area contributed by atoms with Gasteiger partial charge in [0.2, 0.25) is 0 Å². The molecule has 0 bridgehead atoms. The molecule has 0 amide bonds. The molecule has 0 aliphatic rings. The second-order valence-corrected chi connectivity index (χ2v) is 7.83. The highest BCUT2D eigenvalue weighted by atomic mass is 16.6. The largest absolute Gasteiger partial charge is 0.491 e. The summed E-state index contributed by atoms with van der Waals surface area (Å²) in [7, 11) is 1.33. The number of ether oxygens (including phenoxy) is 6. The molecule has 0 N–H and O–H groups in total. The van der Waals surface area contributed by atoms with Crippen molar-refractivity contribution in [3.63, 3.8) is 0 Å². The maximum Gasteiger partial charge on any atom is 0.331 e. The molecular weight excluding hydrogens is 424 g/mol. The summed E-state index contributed by atoms with van der Waals surface area (Å²) >= 11 is 0. The van der Waals surface area contributed by atoms with Crippen molar-refractivity contribution in [2.45, 2.75) is 58.3 Å². The molecule has 0 spiro atoms. The maximum atomic E-state index is 10.8. The number of aryl methyl sites for hydroxylation is 1. The molecule has 0 saturated heterocycles. The number of unbranched alkanes of at least 4 members (excludes halogenated alkanes) is 6. The predicted molar refractivity (Wildman–Crippen MR) is 129 cm³/mol. The van der Waals surface area contributed by atoms with Crippen LogP contribution in [0.15, 0.2) is 24.3 Å². The Balaban J connectivity index is 1.86. The molecule has 33 heavy (non-hydrogen) atoms. The van der Waals surface area contributed by atoms with Crippen molar-refractivity contribution in [3.8, 4) is 5.75 Å². The number of hydrogen-bond acceptors (Lipinski definition) is 7. The van der Waals surface area contributed by atoms with E-state index in [2.05, 4.69) is 23.8 Å². The Kier molecular flexibility index (Phi) is 19.7. The Morgan fingerprint density at radius 2 is 1.18 bits per heavy atom. The minimum absolute atomic E-state index is 0.0535. The van der Waals surface area contributed by atoms with Gasteiger partial charge in [0.15, 0.2) is 0 Å². The second kappa shape index (κ2) is 22.1. The maximum absolute atomic E-state index is 10.8. The van der Waals surface area contributed by atoms with Crippen LogP contribution in [0.5, 0.6) is 5.75 Å². The second-order valence-electron chi connectivity index (χ2n) is 7.83. The van der Waals surface area contributed by atoms with Crippen molar-refractivity contribution >= 4 is 5.97 Å². The zero-order valence-electron chi connectivity index (χ0n) is 20.7. The average molecular weight is 469 g/mol. The topological polar surface area (TPSA) is 72.5 Å². The Labute approximate surface area is 200 Å². The number of methoxy groups -OCH3 is 1. The van der Waals surface area contributed by atoms with Gasteiger partial charge in [-0.1, -0.05) is 57.6 Å². The number of esters is 1. The fraction of sp³-hybridized carbons (Fsp3) is 0.731. The Hall–Kier alpha value is -1.67. The van der Waals surface area contributed by atoms with Crippen LogP contribution in [0.4, 0.5) is 0 Å². The highest BCUT2D eigenvalue weighted by molar-refractivity contribution is 5.70. The molecule has 0 saturated carbocycles. The molecule has 0 radical (unpaired) electrons. The van der Waals surface area contributed by atoms with E-state index >= 15 is 0 Å². The third-order valence-corrected chi connectivity index (χ3v) is 5.05. The highest BCUT2D eigenvalue weighted by Crippen LogP contribution is 2.15. The van der Waals surface area contributed by atoms with Gasteiger partial charge in [0.1, 0.15) is 19.0 Å². The smallest absolute Gasteiger partial charge is 0.331 e. The molecule has 0 heterocycles. The van der Waals surface area contributed by atoms with Crippen LogP contribution in [0, 0.1) is 0 Å². The molecule has 0 aromatic heterocycles. The molecule has 0 unspecified atom stereocenters. The van der Waals surface area contributed by atoms with Gasteiger partial charge in [-0.05, 0) is 30.5 Å². The SMILES string of the molecule is CCCCCCCCCc1ccc(OCCOCCOCCOCCOCC(=O)OC)cc1. The van der Waals surface area contributed by atoms with E-state index in [1.54, 1.807) is 0 Å². The first-order valence-corrected chi connectivity index (χ1v) is 12.4. The quantitative estimate of drug-likeness (QED) is 0.172. The minimum atomic E-state index is -0.393. The molecule has 7 heteroatoms. The van der Waals surface area contributed by atoms with E-state index in [0.717, 1.165) is 12.2 Å². The van der Waals surface area contributed by atoms with Crippen LogP contribution in [0.3, 0.4) is 0 Å². The van der Waals surface area contributed by atoms with Gasteiger partial charge < -0.3 is 28.4 Å². The van der Waals surface area contributed by atoms with Gasteiger partial charge in [0.25, 0.3) is 0 Å². The normalized spacial score (nSPS) is 11.0. The van der Waals surface area contributed by atoms with E-state index in [9.17, 15) is 4.79 Å². The van der Waals surface area contributed by atoms with Crippen molar-refractivity contribution in [1.82, 2.24) is 0 Å². The van der Waals surface area contributed by atoms with Gasteiger partial charge in [-0.15, -0.1) is 0 Å². The fourth-order valence-corrected chi connectivity index (χ4v) is 3.13. The van der Waals surface area contributed by atoms with Gasteiger partial charge in [0, 0.05) is 0 Å². The zero-order chi connectivity index (χ0) is 23.8. The van der Waals surface area contributed by atoms with Crippen molar-refractivity contribution in [2.75, 3.05) is 66.6 Å². The Bertz CT molecular complexity index is 562. The van der Waals surface area contributed by atoms with Gasteiger partial charge in [-0.2, -0.15) is 0 Å². The lowest BCUT2D eigenvalue weighted by Gasteiger charge is -2.09. The first-order chi connectivity index (χ1) is 16.3. The van der Waals surface area contributed by atoms with E-state index in [1.165, 1.54) is 57.6 Å². The molecule has 0 fully saturated rings. The van der Waals surface area contributed by atoms with Gasteiger partial charge in [0.05, 0.1) is 53.4 Å². The molecular formula is C26H44O7. The molecule has 190 valence electrons. The van der Waals surface area contributed by atoms with E-state index < -0.39 is 5.97 Å². The Morgan fingerprint density at radius 3 is 1.76 bits per heavy atom. The molecule has 0 atom stereocenters. The molecule has 0 aliphatic heterocycles. The fourth-order valence-electron chi connectivity index (χ4n) is 3.13. The summed E-state index contributed by atoms with van der Waals surface area (Å²) in [6, 6.07) is 8.41. The lowest BCUT2D eigenvalue weighted by atomic mass is 10.0. The predicted octanol–water partition coefficient (Wildman–Crippen LogP) is 4.60. The van der Waals surface area contributed by atoms with Crippen LogP contribution in [-0.4, -0.2) is 72.5 Å². The van der Waals surface area contributed by atoms with E-state index in [4.69, 9.17) is 23.7 Å². The van der Waals surface area contributed by atoms with Crippen molar-refractivity contribution in [1.29, 1.82) is 0 Å². The molecule has 7 nitrogen and oxygen atoms in total. The monoisotopic (exact) mass is 468 g/mol. The van der Waals surface area contributed by atoms with E-state index in [-0.39, 0.29) is 6.61 Å². The third-order valence-electron chi connectivity index (χ3n) is 5.05. The van der Waals surface area contributed by atoms with Crippen LogP contribution >= 0.6 is 0 Å². The average Bonchev–Trinajstić information content (AvgIpc) is 2.84. The summed E-state index contributed by atoms with van der Waals surface area (Å²) in [5.74, 6) is 0.488. The van der Waals surface area contributed by atoms with Crippen LogP contribution in [0.25, 0.3) is 0 Å². The summed E-state index contributed by atoms with van der Waals surface area (Å²) in [6.07, 6.45) is 10.5. The summed E-state index contributed by atoms with van der Waals surface area (Å²) < 4.78 is 31.5. The first-order valence-electron chi connectivity index (χ1n) is 12.4. The van der Waals surface area contributed by atoms with Gasteiger partial charge in [-0.25, -0.2) is 4.79 Å². The van der Waals surface area contributed by atoms with Crippen molar-refractivity contribution < 1.29 is 33.2 Å². The molecule has 0 aliphatic carbocycles. The number of rotatable bonds is 23. The van der Waals surface area contributed by atoms with Crippen LogP contribution < -0.4 is 4.74 Å². The third kappa shape index (κ3) is 18.4. The number of carbonyl (C=O) groups excluding carboxylic acids is 1. The van der Waals surface area contributed by atoms with Crippen molar-refractivity contribution in [2.24, 2.45) is 0 Å². The van der Waals surface area contributed by atoms with Gasteiger partial charge in [-0.3, -0.25) is 0 Å². The Morgan fingerprint density at radius 1 is 0.667 bits per heavy atom. The van der Waals surface area contributed by atoms with Crippen LogP contribution in [0.2, 0.25) is 0 Å². The summed E-state index contributed by atoms with van der Waals surface area (Å²) in [5, 5.41) is 0. The number of carbonyl (C=O) groups is 1. The minimum Gasteiger partial charge on any atom is -0.491 e. The summed E-state index contributed by atoms with van der Waals surface area (Å²) in [4.78, 5) is 10.8. The van der Waals surface area contributed by atoms with E-state index in [0.29, 0.717) is 52.9 Å². The lowest BCUT2D eigenvalue weighted by Crippen LogP contribution is -2.15.